The Hall–Kier alpha value is -2.74. The molecular weight excluding hydrogens is 418 g/mol. The number of carbonyl (C=O) groups is 1. The topological polar surface area (TPSA) is 112 Å². The molecule has 2 fully saturated rings. The molecule has 8 nitrogen and oxygen atoms in total. The molecule has 0 spiro atoms. The second kappa shape index (κ2) is 8.89. The molecule has 3 aliphatic rings. The lowest BCUT2D eigenvalue weighted by atomic mass is 9.84. The van der Waals surface area contributed by atoms with Crippen LogP contribution in [0.1, 0.15) is 69.3 Å². The van der Waals surface area contributed by atoms with Crippen LogP contribution in [0.2, 0.25) is 0 Å². The minimum atomic E-state index is -0.823. The lowest BCUT2D eigenvalue weighted by Gasteiger charge is -2.48. The van der Waals surface area contributed by atoms with Gasteiger partial charge in [-0.25, -0.2) is 0 Å². The third-order valence-corrected chi connectivity index (χ3v) is 7.44. The van der Waals surface area contributed by atoms with Gasteiger partial charge in [-0.2, -0.15) is 0 Å². The van der Waals surface area contributed by atoms with E-state index < -0.39 is 17.7 Å². The summed E-state index contributed by atoms with van der Waals surface area (Å²) in [4.78, 5) is 20.2. The Labute approximate surface area is 196 Å². The van der Waals surface area contributed by atoms with Crippen molar-refractivity contribution >= 4 is 11.7 Å². The number of para-hydroxylation sites is 1. The summed E-state index contributed by atoms with van der Waals surface area (Å²) in [5.74, 6) is 2.32. The zero-order valence-corrected chi connectivity index (χ0v) is 20.3. The predicted molar refractivity (Wildman–Crippen MR) is 129 cm³/mol. The largest absolute Gasteiger partial charge is 0.492 e. The maximum absolute atomic E-state index is 13.4. The van der Waals surface area contributed by atoms with E-state index in [1.165, 1.54) is 0 Å². The van der Waals surface area contributed by atoms with Crippen LogP contribution in [0.3, 0.4) is 0 Å². The average molecular weight is 456 g/mol. The van der Waals surface area contributed by atoms with E-state index in [1.807, 2.05) is 39.8 Å². The van der Waals surface area contributed by atoms with Gasteiger partial charge >= 0.3 is 0 Å². The SMILES string of the molecule is CCC(N)=NC1CNC(=C(C)C)N2C[C@@H](NC(=O)c3cccc4c3OCCC4C)[C@@H](O)C12C. The molecule has 0 aliphatic carbocycles. The van der Waals surface area contributed by atoms with Crippen LogP contribution < -0.4 is 21.1 Å². The summed E-state index contributed by atoms with van der Waals surface area (Å²) in [6, 6.07) is 5.01. The van der Waals surface area contributed by atoms with E-state index in [4.69, 9.17) is 15.5 Å². The fourth-order valence-corrected chi connectivity index (χ4v) is 5.33. The predicted octanol–water partition coefficient (Wildman–Crippen LogP) is 2.10. The summed E-state index contributed by atoms with van der Waals surface area (Å²) < 4.78 is 5.89. The lowest BCUT2D eigenvalue weighted by molar-refractivity contribution is 0.0137. The van der Waals surface area contributed by atoms with Crippen molar-refractivity contribution in [3.05, 3.63) is 40.7 Å². The van der Waals surface area contributed by atoms with Crippen LogP contribution in [0.5, 0.6) is 5.75 Å². The van der Waals surface area contributed by atoms with Gasteiger partial charge in [0.25, 0.3) is 5.91 Å². The molecule has 5 atom stereocenters. The van der Waals surface area contributed by atoms with Gasteiger partial charge < -0.3 is 31.1 Å². The highest BCUT2D eigenvalue weighted by Gasteiger charge is 2.58. The molecule has 1 aromatic rings. The van der Waals surface area contributed by atoms with Gasteiger partial charge in [-0.15, -0.1) is 0 Å². The summed E-state index contributed by atoms with van der Waals surface area (Å²) in [5.41, 5.74) is 8.08. The van der Waals surface area contributed by atoms with Gasteiger partial charge in [0.05, 0.1) is 35.6 Å². The van der Waals surface area contributed by atoms with E-state index in [0.717, 1.165) is 23.4 Å². The Morgan fingerprint density at radius 2 is 2.18 bits per heavy atom. The third kappa shape index (κ3) is 3.94. The number of nitrogens with zero attached hydrogens (tertiary/aromatic N) is 2. The van der Waals surface area contributed by atoms with Gasteiger partial charge in [0.15, 0.2) is 0 Å². The van der Waals surface area contributed by atoms with Gasteiger partial charge in [-0.3, -0.25) is 9.79 Å². The highest BCUT2D eigenvalue weighted by Crippen LogP contribution is 2.41. The highest BCUT2D eigenvalue weighted by molar-refractivity contribution is 5.97. The molecule has 5 N–H and O–H groups in total. The molecule has 3 aliphatic heterocycles. The molecule has 1 aromatic carbocycles. The second-order valence-corrected chi connectivity index (χ2v) is 9.84. The van der Waals surface area contributed by atoms with E-state index >= 15 is 0 Å². The van der Waals surface area contributed by atoms with Crippen LogP contribution in [0.15, 0.2) is 34.6 Å². The number of fused-ring (bicyclic) bond motifs is 2. The molecule has 180 valence electrons. The minimum Gasteiger partial charge on any atom is -0.492 e. The number of nitrogens with two attached hydrogens (primary N) is 1. The van der Waals surface area contributed by atoms with Crippen LogP contribution in [0.25, 0.3) is 0 Å². The number of allylic oxidation sites excluding steroid dienone is 1. The standard InChI is InChI=1S/C25H37N5O3/c1-6-20(26)29-19-12-27-23(14(2)3)30-13-18(22(31)25(19,30)5)28-24(32)17-9-7-8-16-15(4)10-11-33-21(16)17/h7-9,15,18-19,22,27,31H,6,10-13H2,1-5H3,(H2,26,29)(H,28,32)/t15?,18-,19?,22-,25?/m1/s1. The zero-order chi connectivity index (χ0) is 23.9. The van der Waals surface area contributed by atoms with Crippen LogP contribution >= 0.6 is 0 Å². The van der Waals surface area contributed by atoms with Crippen LogP contribution in [0, 0.1) is 0 Å². The van der Waals surface area contributed by atoms with Crippen molar-refractivity contribution < 1.29 is 14.6 Å². The van der Waals surface area contributed by atoms with Gasteiger partial charge in [-0.1, -0.05) is 26.0 Å². The Kier molecular flexibility index (Phi) is 6.31. The number of benzene rings is 1. The number of ether oxygens (including phenoxy) is 1. The van der Waals surface area contributed by atoms with Crippen molar-refractivity contribution in [3.8, 4) is 5.75 Å². The Bertz CT molecular complexity index is 986. The molecule has 3 heterocycles. The Morgan fingerprint density at radius 3 is 2.88 bits per heavy atom. The van der Waals surface area contributed by atoms with Crippen LogP contribution in [-0.2, 0) is 0 Å². The minimum absolute atomic E-state index is 0.228. The normalized spacial score (nSPS) is 31.3. The molecule has 0 aromatic heterocycles. The number of amidine groups is 1. The maximum Gasteiger partial charge on any atom is 0.255 e. The number of hydrogen-bond acceptors (Lipinski definition) is 6. The molecule has 0 bridgehead atoms. The summed E-state index contributed by atoms with van der Waals surface area (Å²) in [5, 5.41) is 18.1. The van der Waals surface area contributed by atoms with Crippen molar-refractivity contribution in [3.63, 3.8) is 0 Å². The number of rotatable bonds is 4. The van der Waals surface area contributed by atoms with Gasteiger partial charge in [0.1, 0.15) is 17.7 Å². The number of hydrogen-bond donors (Lipinski definition) is 4. The van der Waals surface area contributed by atoms with E-state index in [-0.39, 0.29) is 11.9 Å². The molecule has 3 unspecified atom stereocenters. The molecular formula is C25H37N5O3. The smallest absolute Gasteiger partial charge is 0.255 e. The van der Waals surface area contributed by atoms with E-state index in [1.54, 1.807) is 6.07 Å². The van der Waals surface area contributed by atoms with Gasteiger partial charge in [0, 0.05) is 19.5 Å². The third-order valence-electron chi connectivity index (χ3n) is 7.44. The first-order chi connectivity index (χ1) is 15.7. The first-order valence-corrected chi connectivity index (χ1v) is 11.9. The Morgan fingerprint density at radius 1 is 1.42 bits per heavy atom. The summed E-state index contributed by atoms with van der Waals surface area (Å²) in [6.45, 7) is 11.9. The first-order valence-electron chi connectivity index (χ1n) is 11.9. The maximum atomic E-state index is 13.4. The van der Waals surface area contributed by atoms with Crippen molar-refractivity contribution in [1.82, 2.24) is 15.5 Å². The number of aliphatic hydroxyl groups excluding tert-OH is 1. The van der Waals surface area contributed by atoms with E-state index in [9.17, 15) is 9.90 Å². The molecule has 0 saturated carbocycles. The van der Waals surface area contributed by atoms with Gasteiger partial charge in [0.2, 0.25) is 0 Å². The van der Waals surface area contributed by atoms with Crippen LogP contribution in [0.4, 0.5) is 0 Å². The van der Waals surface area contributed by atoms with Gasteiger partial charge in [-0.05, 0) is 50.3 Å². The quantitative estimate of drug-likeness (QED) is 0.409. The summed E-state index contributed by atoms with van der Waals surface area (Å²) in [6.07, 6.45) is 0.764. The van der Waals surface area contributed by atoms with Crippen molar-refractivity contribution in [2.24, 2.45) is 10.7 Å². The second-order valence-electron chi connectivity index (χ2n) is 9.84. The van der Waals surface area contributed by atoms with Crippen LogP contribution in [-0.4, -0.2) is 65.2 Å². The molecule has 8 heteroatoms. The molecule has 0 radical (unpaired) electrons. The first kappa shape index (κ1) is 23.4. The summed E-state index contributed by atoms with van der Waals surface area (Å²) in [7, 11) is 0. The zero-order valence-electron chi connectivity index (χ0n) is 20.3. The molecule has 1 amide bonds. The summed E-state index contributed by atoms with van der Waals surface area (Å²) >= 11 is 0. The molecule has 2 saturated heterocycles. The van der Waals surface area contributed by atoms with Crippen molar-refractivity contribution in [2.45, 2.75) is 77.1 Å². The number of aliphatic hydroxyl groups is 1. The number of carbonyl (C=O) groups excluding carboxylic acids is 1. The Balaban J connectivity index is 1.64. The van der Waals surface area contributed by atoms with E-state index in [0.29, 0.717) is 49.2 Å². The molecule has 33 heavy (non-hydrogen) atoms. The average Bonchev–Trinajstić information content (AvgIpc) is 3.04. The molecule has 4 rings (SSSR count). The van der Waals surface area contributed by atoms with E-state index in [2.05, 4.69) is 22.5 Å². The number of nitrogens with one attached hydrogen (secondary N) is 2. The van der Waals surface area contributed by atoms with Crippen molar-refractivity contribution in [2.75, 3.05) is 19.7 Å². The fraction of sp³-hybridized carbons (Fsp3) is 0.600. The monoisotopic (exact) mass is 455 g/mol. The highest BCUT2D eigenvalue weighted by atomic mass is 16.5. The van der Waals surface area contributed by atoms with Crippen molar-refractivity contribution in [1.29, 1.82) is 0 Å². The number of amides is 1. The number of aliphatic imine (C=N–C) groups is 1. The fourth-order valence-electron chi connectivity index (χ4n) is 5.33. The lowest BCUT2D eigenvalue weighted by Crippen LogP contribution is -2.65.